The van der Waals surface area contributed by atoms with Crippen molar-refractivity contribution in [3.05, 3.63) is 58.4 Å². The van der Waals surface area contributed by atoms with Crippen LogP contribution in [0.25, 0.3) is 0 Å². The molecule has 0 unspecified atom stereocenters. The van der Waals surface area contributed by atoms with E-state index >= 15 is 0 Å². The monoisotopic (exact) mass is 307 g/mol. The third-order valence-corrected chi connectivity index (χ3v) is 3.45. The van der Waals surface area contributed by atoms with Crippen LogP contribution in [-0.2, 0) is 6.54 Å². The molecule has 2 aromatic rings. The van der Waals surface area contributed by atoms with E-state index in [1.807, 2.05) is 19.1 Å². The highest BCUT2D eigenvalue weighted by Gasteiger charge is 2.11. The number of benzene rings is 2. The van der Waals surface area contributed by atoms with Gasteiger partial charge in [0, 0.05) is 18.2 Å². The minimum Gasteiger partial charge on any atom is -0.455 e. The van der Waals surface area contributed by atoms with E-state index in [0.717, 1.165) is 24.1 Å². The molecule has 1 N–H and O–H groups in total. The summed E-state index contributed by atoms with van der Waals surface area (Å²) in [6.45, 7) is 5.57. The zero-order chi connectivity index (χ0) is 15.2. The average molecular weight is 308 g/mol. The van der Waals surface area contributed by atoms with Gasteiger partial charge in [-0.2, -0.15) is 0 Å². The van der Waals surface area contributed by atoms with Crippen molar-refractivity contribution in [3.63, 3.8) is 0 Å². The Balaban J connectivity index is 2.27. The summed E-state index contributed by atoms with van der Waals surface area (Å²) in [5, 5.41) is 3.84. The Kier molecular flexibility index (Phi) is 5.59. The minimum absolute atomic E-state index is 0.326. The maximum absolute atomic E-state index is 13.4. The molecule has 112 valence electrons. The molecule has 0 aliphatic heterocycles. The number of aryl methyl sites for hydroxylation is 1. The molecule has 0 radical (unpaired) electrons. The summed E-state index contributed by atoms with van der Waals surface area (Å²) in [7, 11) is 0. The standard InChI is InChI=1S/C17H19ClFNO/c1-3-9-20-11-13-5-4-6-15(18)17(13)21-16-10-14(19)8-7-12(16)2/h4-8,10,20H,3,9,11H2,1-2H3. The lowest BCUT2D eigenvalue weighted by Gasteiger charge is -2.15. The molecular formula is C17H19ClFNO. The molecule has 0 atom stereocenters. The molecule has 4 heteroatoms. The maximum atomic E-state index is 13.4. The summed E-state index contributed by atoms with van der Waals surface area (Å²) in [6.07, 6.45) is 1.06. The van der Waals surface area contributed by atoms with Crippen molar-refractivity contribution in [2.75, 3.05) is 6.54 Å². The third kappa shape index (κ3) is 4.19. The van der Waals surface area contributed by atoms with Crippen LogP contribution >= 0.6 is 11.6 Å². The molecule has 2 aromatic carbocycles. The smallest absolute Gasteiger partial charge is 0.150 e. The fourth-order valence-corrected chi connectivity index (χ4v) is 2.23. The Morgan fingerprint density at radius 3 is 2.81 bits per heavy atom. The van der Waals surface area contributed by atoms with Crippen LogP contribution in [0.1, 0.15) is 24.5 Å². The lowest BCUT2D eigenvalue weighted by Crippen LogP contribution is -2.14. The van der Waals surface area contributed by atoms with Gasteiger partial charge >= 0.3 is 0 Å². The van der Waals surface area contributed by atoms with Gasteiger partial charge in [0.2, 0.25) is 0 Å². The largest absolute Gasteiger partial charge is 0.455 e. The van der Waals surface area contributed by atoms with Gasteiger partial charge < -0.3 is 10.1 Å². The van der Waals surface area contributed by atoms with Crippen molar-refractivity contribution in [2.45, 2.75) is 26.8 Å². The second-order valence-corrected chi connectivity index (χ2v) is 5.32. The van der Waals surface area contributed by atoms with Crippen LogP contribution in [0, 0.1) is 12.7 Å². The third-order valence-electron chi connectivity index (χ3n) is 3.15. The van der Waals surface area contributed by atoms with Gasteiger partial charge in [-0.1, -0.05) is 36.7 Å². The number of halogens is 2. The normalized spacial score (nSPS) is 10.7. The number of ether oxygens (including phenoxy) is 1. The summed E-state index contributed by atoms with van der Waals surface area (Å²) >= 11 is 6.24. The SMILES string of the molecule is CCCNCc1cccc(Cl)c1Oc1cc(F)ccc1C. The molecule has 0 heterocycles. The van der Waals surface area contributed by atoms with Crippen LogP contribution in [0.15, 0.2) is 36.4 Å². The molecule has 0 aromatic heterocycles. The average Bonchev–Trinajstić information content (AvgIpc) is 2.46. The van der Waals surface area contributed by atoms with Gasteiger partial charge in [0.05, 0.1) is 5.02 Å². The zero-order valence-corrected chi connectivity index (χ0v) is 13.0. The Morgan fingerprint density at radius 2 is 2.05 bits per heavy atom. The van der Waals surface area contributed by atoms with E-state index in [1.54, 1.807) is 12.1 Å². The topological polar surface area (TPSA) is 21.3 Å². The predicted octanol–water partition coefficient (Wildman–Crippen LogP) is 5.08. The summed E-state index contributed by atoms with van der Waals surface area (Å²) < 4.78 is 19.2. The second-order valence-electron chi connectivity index (χ2n) is 4.92. The molecular weight excluding hydrogens is 289 g/mol. The van der Waals surface area contributed by atoms with Crippen LogP contribution in [0.4, 0.5) is 4.39 Å². The van der Waals surface area contributed by atoms with Crippen LogP contribution < -0.4 is 10.1 Å². The van der Waals surface area contributed by atoms with E-state index in [-0.39, 0.29) is 5.82 Å². The Labute approximate surface area is 129 Å². The first kappa shape index (κ1) is 15.8. The number of rotatable bonds is 6. The molecule has 2 rings (SSSR count). The Morgan fingerprint density at radius 1 is 1.24 bits per heavy atom. The van der Waals surface area contributed by atoms with Crippen molar-refractivity contribution in [1.82, 2.24) is 5.32 Å². The first-order valence-corrected chi connectivity index (χ1v) is 7.41. The number of para-hydroxylation sites is 1. The van der Waals surface area contributed by atoms with Gasteiger partial charge in [-0.3, -0.25) is 0 Å². The molecule has 0 saturated carbocycles. The lowest BCUT2D eigenvalue weighted by atomic mass is 10.2. The summed E-state index contributed by atoms with van der Waals surface area (Å²) in [6, 6.07) is 10.1. The Bertz CT molecular complexity index is 616. The summed E-state index contributed by atoms with van der Waals surface area (Å²) in [5.74, 6) is 0.740. The number of hydrogen-bond acceptors (Lipinski definition) is 2. The van der Waals surface area contributed by atoms with Gasteiger partial charge in [-0.25, -0.2) is 4.39 Å². The molecule has 0 aliphatic rings. The lowest BCUT2D eigenvalue weighted by molar-refractivity contribution is 0.464. The molecule has 21 heavy (non-hydrogen) atoms. The number of hydrogen-bond donors (Lipinski definition) is 1. The predicted molar refractivity (Wildman–Crippen MR) is 84.7 cm³/mol. The molecule has 0 spiro atoms. The summed E-state index contributed by atoms with van der Waals surface area (Å²) in [4.78, 5) is 0. The van der Waals surface area contributed by atoms with Gasteiger partial charge in [0.25, 0.3) is 0 Å². The first-order chi connectivity index (χ1) is 10.1. The van der Waals surface area contributed by atoms with Crippen molar-refractivity contribution in [3.8, 4) is 11.5 Å². The second kappa shape index (κ2) is 7.43. The van der Waals surface area contributed by atoms with E-state index in [1.165, 1.54) is 12.1 Å². The van der Waals surface area contributed by atoms with Crippen LogP contribution in [0.2, 0.25) is 5.02 Å². The Hall–Kier alpha value is -1.58. The number of nitrogens with one attached hydrogen (secondary N) is 1. The first-order valence-electron chi connectivity index (χ1n) is 7.04. The van der Waals surface area contributed by atoms with Gasteiger partial charge in [0.1, 0.15) is 11.6 Å². The highest BCUT2D eigenvalue weighted by Crippen LogP contribution is 2.34. The fraction of sp³-hybridized carbons (Fsp3) is 0.294. The minimum atomic E-state index is -0.326. The van der Waals surface area contributed by atoms with E-state index in [4.69, 9.17) is 16.3 Å². The van der Waals surface area contributed by atoms with Crippen LogP contribution in [0.3, 0.4) is 0 Å². The van der Waals surface area contributed by atoms with Gasteiger partial charge in [-0.15, -0.1) is 0 Å². The van der Waals surface area contributed by atoms with Crippen LogP contribution in [-0.4, -0.2) is 6.54 Å². The van der Waals surface area contributed by atoms with Crippen molar-refractivity contribution >= 4 is 11.6 Å². The molecule has 0 bridgehead atoms. The van der Waals surface area contributed by atoms with Crippen molar-refractivity contribution < 1.29 is 9.13 Å². The molecule has 0 amide bonds. The maximum Gasteiger partial charge on any atom is 0.150 e. The zero-order valence-electron chi connectivity index (χ0n) is 12.2. The molecule has 0 aliphatic carbocycles. The van der Waals surface area contributed by atoms with E-state index in [2.05, 4.69) is 12.2 Å². The molecule has 0 fully saturated rings. The quantitative estimate of drug-likeness (QED) is 0.751. The van der Waals surface area contributed by atoms with E-state index in [0.29, 0.717) is 23.1 Å². The van der Waals surface area contributed by atoms with Gasteiger partial charge in [0.15, 0.2) is 5.75 Å². The van der Waals surface area contributed by atoms with Crippen LogP contribution in [0.5, 0.6) is 11.5 Å². The molecule has 0 saturated heterocycles. The summed E-state index contributed by atoms with van der Waals surface area (Å²) in [5.41, 5.74) is 1.82. The van der Waals surface area contributed by atoms with Crippen molar-refractivity contribution in [1.29, 1.82) is 0 Å². The van der Waals surface area contributed by atoms with E-state index < -0.39 is 0 Å². The van der Waals surface area contributed by atoms with E-state index in [9.17, 15) is 4.39 Å². The highest BCUT2D eigenvalue weighted by atomic mass is 35.5. The molecule has 2 nitrogen and oxygen atoms in total. The van der Waals surface area contributed by atoms with Crippen molar-refractivity contribution in [2.24, 2.45) is 0 Å². The highest BCUT2D eigenvalue weighted by molar-refractivity contribution is 6.32. The van der Waals surface area contributed by atoms with Gasteiger partial charge in [-0.05, 0) is 37.6 Å². The fourth-order valence-electron chi connectivity index (χ4n) is 2.00.